The van der Waals surface area contributed by atoms with Gasteiger partial charge in [-0.1, -0.05) is 18.2 Å². The van der Waals surface area contributed by atoms with E-state index in [1.54, 1.807) is 54.8 Å². The number of amides is 2. The number of carbonyl (C=O) groups is 2. The number of hydrogen-bond acceptors (Lipinski definition) is 5. The molecule has 0 unspecified atom stereocenters. The van der Waals surface area contributed by atoms with Gasteiger partial charge in [-0.2, -0.15) is 0 Å². The molecule has 8 nitrogen and oxygen atoms in total. The molecule has 1 aliphatic carbocycles. The molecule has 1 aliphatic rings. The van der Waals surface area contributed by atoms with E-state index in [0.29, 0.717) is 11.3 Å². The topological polar surface area (TPSA) is 118 Å². The van der Waals surface area contributed by atoms with Crippen LogP contribution in [0, 0.1) is 0 Å². The average Bonchev–Trinajstić information content (AvgIpc) is 3.44. The molecule has 9 heteroatoms. The lowest BCUT2D eigenvalue weighted by molar-refractivity contribution is 0.0943. The van der Waals surface area contributed by atoms with Crippen LogP contribution in [-0.4, -0.2) is 26.3 Å². The van der Waals surface area contributed by atoms with Crippen molar-refractivity contribution in [1.82, 2.24) is 15.4 Å². The maximum Gasteiger partial charge on any atom is 0.251 e. The van der Waals surface area contributed by atoms with Crippen LogP contribution in [0.25, 0.3) is 0 Å². The molecule has 1 saturated carbocycles. The number of carbonyl (C=O) groups excluding carboxylic acids is 2. The number of rotatable bonds is 9. The van der Waals surface area contributed by atoms with Crippen molar-refractivity contribution in [3.63, 3.8) is 0 Å². The van der Waals surface area contributed by atoms with Crippen LogP contribution < -0.4 is 15.4 Å². The number of furan rings is 1. The molecule has 2 amide bonds. The molecule has 1 fully saturated rings. The Morgan fingerprint density at radius 3 is 2.25 bits per heavy atom. The molecule has 32 heavy (non-hydrogen) atoms. The lowest BCUT2D eigenvalue weighted by Gasteiger charge is -2.10. The Labute approximate surface area is 186 Å². The van der Waals surface area contributed by atoms with Gasteiger partial charge in [0.25, 0.3) is 11.8 Å². The van der Waals surface area contributed by atoms with E-state index in [0.717, 1.165) is 18.4 Å². The molecule has 0 spiro atoms. The quantitative estimate of drug-likeness (QED) is 0.460. The largest absolute Gasteiger partial charge is 0.467 e. The summed E-state index contributed by atoms with van der Waals surface area (Å²) in [6, 6.07) is 16.3. The summed E-state index contributed by atoms with van der Waals surface area (Å²) < 4.78 is 32.6. The predicted molar refractivity (Wildman–Crippen MR) is 117 cm³/mol. The third-order valence-electron chi connectivity index (χ3n) is 4.95. The molecule has 4 rings (SSSR count). The van der Waals surface area contributed by atoms with Gasteiger partial charge in [-0.25, -0.2) is 13.1 Å². The lowest BCUT2D eigenvalue weighted by atomic mass is 10.1. The van der Waals surface area contributed by atoms with E-state index in [-0.39, 0.29) is 35.5 Å². The van der Waals surface area contributed by atoms with Gasteiger partial charge in [0.1, 0.15) is 5.76 Å². The second kappa shape index (κ2) is 9.37. The summed E-state index contributed by atoms with van der Waals surface area (Å²) in [6.45, 7) is 0.469. The molecule has 3 aromatic rings. The summed E-state index contributed by atoms with van der Waals surface area (Å²) in [7, 11) is -3.64. The van der Waals surface area contributed by atoms with Crippen molar-refractivity contribution < 1.29 is 22.4 Å². The van der Waals surface area contributed by atoms with E-state index in [4.69, 9.17) is 4.42 Å². The zero-order valence-electron chi connectivity index (χ0n) is 17.2. The summed E-state index contributed by atoms with van der Waals surface area (Å²) >= 11 is 0. The van der Waals surface area contributed by atoms with Crippen molar-refractivity contribution in [1.29, 1.82) is 0 Å². The van der Waals surface area contributed by atoms with Gasteiger partial charge >= 0.3 is 0 Å². The molecule has 0 radical (unpaired) electrons. The highest BCUT2D eigenvalue weighted by Crippen LogP contribution is 2.22. The van der Waals surface area contributed by atoms with E-state index in [1.807, 2.05) is 0 Å². The van der Waals surface area contributed by atoms with Crippen molar-refractivity contribution >= 4 is 21.8 Å². The number of benzene rings is 2. The molecular formula is C23H23N3O5S. The van der Waals surface area contributed by atoms with Crippen LogP contribution in [0.15, 0.2) is 76.2 Å². The maximum atomic E-state index is 12.6. The van der Waals surface area contributed by atoms with Crippen LogP contribution in [0.1, 0.15) is 44.9 Å². The summed E-state index contributed by atoms with van der Waals surface area (Å²) in [5.74, 6) is -0.00450. The SMILES string of the molecule is O=C(NCc1cccc(C(=O)NCc2ccco2)c1)c1cccc(S(=O)(=O)NC2CC2)c1. The van der Waals surface area contributed by atoms with Gasteiger partial charge in [-0.15, -0.1) is 0 Å². The second-order valence-corrected chi connectivity index (χ2v) is 9.28. The highest BCUT2D eigenvalue weighted by Gasteiger charge is 2.28. The third-order valence-corrected chi connectivity index (χ3v) is 6.47. The summed E-state index contributed by atoms with van der Waals surface area (Å²) in [6.07, 6.45) is 3.21. The molecule has 1 aromatic heterocycles. The smallest absolute Gasteiger partial charge is 0.251 e. The zero-order chi connectivity index (χ0) is 22.6. The molecule has 0 bridgehead atoms. The Morgan fingerprint density at radius 1 is 0.875 bits per heavy atom. The first-order valence-corrected chi connectivity index (χ1v) is 11.7. The minimum atomic E-state index is -3.64. The Morgan fingerprint density at radius 2 is 1.56 bits per heavy atom. The van der Waals surface area contributed by atoms with Gasteiger partial charge in [0, 0.05) is 23.7 Å². The van der Waals surface area contributed by atoms with Gasteiger partial charge in [0.15, 0.2) is 0 Å². The Hall–Kier alpha value is -3.43. The van der Waals surface area contributed by atoms with Gasteiger partial charge in [0.05, 0.1) is 17.7 Å². The van der Waals surface area contributed by atoms with Gasteiger partial charge in [-0.3, -0.25) is 9.59 Å². The van der Waals surface area contributed by atoms with Crippen molar-refractivity contribution in [3.8, 4) is 0 Å². The molecule has 0 aliphatic heterocycles. The van der Waals surface area contributed by atoms with E-state index in [2.05, 4.69) is 15.4 Å². The molecular weight excluding hydrogens is 430 g/mol. The van der Waals surface area contributed by atoms with Crippen molar-refractivity contribution in [3.05, 3.63) is 89.4 Å². The average molecular weight is 454 g/mol. The van der Waals surface area contributed by atoms with E-state index >= 15 is 0 Å². The first-order valence-electron chi connectivity index (χ1n) is 10.2. The molecule has 166 valence electrons. The minimum absolute atomic E-state index is 0.0129. The van der Waals surface area contributed by atoms with Crippen LogP contribution in [-0.2, 0) is 23.1 Å². The van der Waals surface area contributed by atoms with Crippen molar-refractivity contribution in [2.45, 2.75) is 36.9 Å². The minimum Gasteiger partial charge on any atom is -0.467 e. The van der Waals surface area contributed by atoms with Crippen molar-refractivity contribution in [2.75, 3.05) is 0 Å². The fraction of sp³-hybridized carbons (Fsp3) is 0.217. The zero-order valence-corrected chi connectivity index (χ0v) is 18.0. The molecule has 0 atom stereocenters. The highest BCUT2D eigenvalue weighted by molar-refractivity contribution is 7.89. The lowest BCUT2D eigenvalue weighted by Crippen LogP contribution is -2.27. The molecule has 1 heterocycles. The van der Waals surface area contributed by atoms with E-state index in [9.17, 15) is 18.0 Å². The van der Waals surface area contributed by atoms with E-state index < -0.39 is 15.9 Å². The fourth-order valence-electron chi connectivity index (χ4n) is 3.08. The number of sulfonamides is 1. The van der Waals surface area contributed by atoms with Crippen LogP contribution in [0.3, 0.4) is 0 Å². The summed E-state index contributed by atoms with van der Waals surface area (Å²) in [4.78, 5) is 25.0. The normalized spacial score (nSPS) is 13.5. The second-order valence-electron chi connectivity index (χ2n) is 7.57. The highest BCUT2D eigenvalue weighted by atomic mass is 32.2. The van der Waals surface area contributed by atoms with E-state index in [1.165, 1.54) is 12.1 Å². The van der Waals surface area contributed by atoms with Crippen LogP contribution in [0.4, 0.5) is 0 Å². The molecule has 0 saturated heterocycles. The van der Waals surface area contributed by atoms with Gasteiger partial charge in [-0.05, 0) is 60.9 Å². The van der Waals surface area contributed by atoms with Gasteiger partial charge < -0.3 is 15.1 Å². The molecule has 3 N–H and O–H groups in total. The third kappa shape index (κ3) is 5.63. The maximum absolute atomic E-state index is 12.6. The summed E-state index contributed by atoms with van der Waals surface area (Å²) in [5.41, 5.74) is 1.45. The Balaban J connectivity index is 1.36. The number of nitrogens with one attached hydrogen (secondary N) is 3. The monoisotopic (exact) mass is 453 g/mol. The molecule has 2 aromatic carbocycles. The number of hydrogen-bond donors (Lipinski definition) is 3. The predicted octanol–water partition coefficient (Wildman–Crippen LogP) is 2.58. The first kappa shape index (κ1) is 21.8. The summed E-state index contributed by atoms with van der Waals surface area (Å²) in [5, 5.41) is 5.54. The fourth-order valence-corrected chi connectivity index (χ4v) is 4.43. The van der Waals surface area contributed by atoms with Crippen LogP contribution in [0.2, 0.25) is 0 Å². The van der Waals surface area contributed by atoms with Crippen molar-refractivity contribution in [2.24, 2.45) is 0 Å². The van der Waals surface area contributed by atoms with Crippen LogP contribution >= 0.6 is 0 Å². The van der Waals surface area contributed by atoms with Crippen LogP contribution in [0.5, 0.6) is 0 Å². The first-order chi connectivity index (χ1) is 15.4. The Bertz CT molecular complexity index is 1220. The Kier molecular flexibility index (Phi) is 6.38. The standard InChI is InChI=1S/C23H23N3O5S/c27-22(25-15-20-7-3-11-31-20)17-5-1-4-16(12-17)14-24-23(28)18-6-2-8-21(13-18)32(29,30)26-19-9-10-19/h1-8,11-13,19,26H,9-10,14-15H2,(H,24,28)(H,25,27). The van der Waals surface area contributed by atoms with Gasteiger partial charge in [0.2, 0.25) is 10.0 Å².